The molecule has 3 N–H and O–H groups in total. The number of amides is 1. The maximum Gasteiger partial charge on any atom is 0.230 e. The van der Waals surface area contributed by atoms with Gasteiger partial charge in [0.15, 0.2) is 0 Å². The van der Waals surface area contributed by atoms with Crippen LogP contribution in [-0.2, 0) is 10.5 Å². The van der Waals surface area contributed by atoms with Gasteiger partial charge in [-0.25, -0.2) is 0 Å². The molecule has 3 nitrogen and oxygen atoms in total. The first-order valence-corrected chi connectivity index (χ1v) is 7.96. The molecule has 1 fully saturated rings. The van der Waals surface area contributed by atoms with Crippen molar-refractivity contribution in [2.24, 2.45) is 11.7 Å². The standard InChI is InChI=1S/C15H22N2OS/c1-11-2-4-12(5-3-11)9-19-10-15(18)17-8-14(16)13-6-7-13/h2-5,13-14H,6-10,16H2,1H3,(H,17,18). The van der Waals surface area contributed by atoms with Crippen LogP contribution in [0.25, 0.3) is 0 Å². The Morgan fingerprint density at radius 3 is 2.74 bits per heavy atom. The van der Waals surface area contributed by atoms with Gasteiger partial charge < -0.3 is 11.1 Å². The highest BCUT2D eigenvalue weighted by atomic mass is 32.2. The van der Waals surface area contributed by atoms with Crippen LogP contribution in [0.5, 0.6) is 0 Å². The number of rotatable bonds is 7. The highest BCUT2D eigenvalue weighted by molar-refractivity contribution is 7.99. The normalized spacial score (nSPS) is 16.1. The number of hydrogen-bond acceptors (Lipinski definition) is 3. The molecule has 0 aliphatic heterocycles. The SMILES string of the molecule is Cc1ccc(CSCC(=O)NCC(N)C2CC2)cc1. The van der Waals surface area contributed by atoms with Crippen molar-refractivity contribution < 1.29 is 4.79 Å². The molecule has 0 bridgehead atoms. The second kappa shape index (κ2) is 6.96. The smallest absolute Gasteiger partial charge is 0.230 e. The molecule has 0 saturated heterocycles. The Morgan fingerprint density at radius 1 is 1.42 bits per heavy atom. The lowest BCUT2D eigenvalue weighted by Gasteiger charge is -2.11. The summed E-state index contributed by atoms with van der Waals surface area (Å²) in [4.78, 5) is 11.6. The first kappa shape index (κ1) is 14.4. The van der Waals surface area contributed by atoms with Gasteiger partial charge >= 0.3 is 0 Å². The van der Waals surface area contributed by atoms with E-state index in [0.717, 1.165) is 5.75 Å². The fourth-order valence-corrected chi connectivity index (χ4v) is 2.74. The zero-order valence-corrected chi connectivity index (χ0v) is 12.2. The highest BCUT2D eigenvalue weighted by Gasteiger charge is 2.28. The molecule has 1 atom stereocenters. The van der Waals surface area contributed by atoms with Crippen LogP contribution in [0.1, 0.15) is 24.0 Å². The number of nitrogens with two attached hydrogens (primary N) is 1. The lowest BCUT2D eigenvalue weighted by Crippen LogP contribution is -2.39. The molecule has 0 radical (unpaired) electrons. The van der Waals surface area contributed by atoms with Crippen LogP contribution in [-0.4, -0.2) is 24.2 Å². The number of carbonyl (C=O) groups is 1. The van der Waals surface area contributed by atoms with Crippen molar-refractivity contribution in [2.75, 3.05) is 12.3 Å². The minimum Gasteiger partial charge on any atom is -0.354 e. The molecule has 0 aromatic heterocycles. The van der Waals surface area contributed by atoms with Crippen molar-refractivity contribution in [2.45, 2.75) is 31.6 Å². The second-order valence-corrected chi connectivity index (χ2v) is 6.27. The van der Waals surface area contributed by atoms with Gasteiger partial charge in [-0.2, -0.15) is 0 Å². The average Bonchev–Trinajstić information content (AvgIpc) is 3.23. The number of thioether (sulfide) groups is 1. The van der Waals surface area contributed by atoms with Crippen LogP contribution < -0.4 is 11.1 Å². The van der Waals surface area contributed by atoms with Crippen molar-refractivity contribution in [3.63, 3.8) is 0 Å². The number of benzene rings is 1. The van der Waals surface area contributed by atoms with Gasteiger partial charge in [0.25, 0.3) is 0 Å². The van der Waals surface area contributed by atoms with E-state index < -0.39 is 0 Å². The summed E-state index contributed by atoms with van der Waals surface area (Å²) in [5.41, 5.74) is 8.47. The molecule has 1 amide bonds. The summed E-state index contributed by atoms with van der Waals surface area (Å²) in [7, 11) is 0. The molecule has 104 valence electrons. The van der Waals surface area contributed by atoms with E-state index in [1.165, 1.54) is 24.0 Å². The minimum atomic E-state index is 0.0909. The third kappa shape index (κ3) is 5.25. The molecule has 1 aliphatic carbocycles. The van der Waals surface area contributed by atoms with Crippen LogP contribution in [0.2, 0.25) is 0 Å². The molecule has 1 aromatic carbocycles. The minimum absolute atomic E-state index is 0.0909. The Morgan fingerprint density at radius 2 is 2.11 bits per heavy atom. The summed E-state index contributed by atoms with van der Waals surface area (Å²) in [6, 6.07) is 8.58. The second-order valence-electron chi connectivity index (χ2n) is 5.28. The van der Waals surface area contributed by atoms with E-state index >= 15 is 0 Å². The van der Waals surface area contributed by atoms with Crippen molar-refractivity contribution in [1.29, 1.82) is 0 Å². The summed E-state index contributed by atoms with van der Waals surface area (Å²) in [5.74, 6) is 2.11. The van der Waals surface area contributed by atoms with E-state index in [4.69, 9.17) is 5.73 Å². The van der Waals surface area contributed by atoms with Gasteiger partial charge in [0.2, 0.25) is 5.91 Å². The molecule has 4 heteroatoms. The number of nitrogens with one attached hydrogen (secondary N) is 1. The van der Waals surface area contributed by atoms with E-state index in [2.05, 4.69) is 36.5 Å². The Balaban J connectivity index is 1.59. The lowest BCUT2D eigenvalue weighted by atomic mass is 10.2. The summed E-state index contributed by atoms with van der Waals surface area (Å²) in [5, 5.41) is 2.91. The topological polar surface area (TPSA) is 55.1 Å². The van der Waals surface area contributed by atoms with E-state index in [9.17, 15) is 4.79 Å². The molecule has 2 rings (SSSR count). The van der Waals surface area contributed by atoms with Crippen LogP contribution in [0.15, 0.2) is 24.3 Å². The van der Waals surface area contributed by atoms with Crippen molar-refractivity contribution >= 4 is 17.7 Å². The summed E-state index contributed by atoms with van der Waals surface area (Å²) in [6.07, 6.45) is 2.44. The Bertz CT molecular complexity index is 415. The molecule has 0 spiro atoms. The van der Waals surface area contributed by atoms with Crippen molar-refractivity contribution in [1.82, 2.24) is 5.32 Å². The number of hydrogen-bond donors (Lipinski definition) is 2. The van der Waals surface area contributed by atoms with Gasteiger partial charge in [-0.3, -0.25) is 4.79 Å². The molecular weight excluding hydrogens is 256 g/mol. The van der Waals surface area contributed by atoms with E-state index in [0.29, 0.717) is 18.2 Å². The van der Waals surface area contributed by atoms with E-state index in [-0.39, 0.29) is 11.9 Å². The molecule has 1 aliphatic rings. The predicted molar refractivity (Wildman–Crippen MR) is 81.1 cm³/mol. The molecule has 1 saturated carbocycles. The molecule has 1 unspecified atom stereocenters. The molecule has 19 heavy (non-hydrogen) atoms. The number of carbonyl (C=O) groups excluding carboxylic acids is 1. The third-order valence-electron chi connectivity index (χ3n) is 3.38. The fourth-order valence-electron chi connectivity index (χ4n) is 1.92. The first-order valence-electron chi connectivity index (χ1n) is 6.80. The van der Waals surface area contributed by atoms with Gasteiger partial charge in [-0.05, 0) is 31.2 Å². The van der Waals surface area contributed by atoms with Gasteiger partial charge in [0.05, 0.1) is 5.75 Å². The van der Waals surface area contributed by atoms with Gasteiger partial charge in [-0.1, -0.05) is 29.8 Å². The first-order chi connectivity index (χ1) is 9.15. The summed E-state index contributed by atoms with van der Waals surface area (Å²) >= 11 is 1.64. The summed E-state index contributed by atoms with van der Waals surface area (Å²) < 4.78 is 0. The fraction of sp³-hybridized carbons (Fsp3) is 0.533. The maximum absolute atomic E-state index is 11.6. The van der Waals surface area contributed by atoms with Crippen LogP contribution in [0.3, 0.4) is 0 Å². The van der Waals surface area contributed by atoms with Crippen LogP contribution >= 0.6 is 11.8 Å². The maximum atomic E-state index is 11.6. The highest BCUT2D eigenvalue weighted by Crippen LogP contribution is 2.31. The van der Waals surface area contributed by atoms with E-state index in [1.807, 2.05) is 0 Å². The van der Waals surface area contributed by atoms with Gasteiger partial charge in [-0.15, -0.1) is 11.8 Å². The lowest BCUT2D eigenvalue weighted by molar-refractivity contribution is -0.118. The Kier molecular flexibility index (Phi) is 5.28. The van der Waals surface area contributed by atoms with Crippen LogP contribution in [0, 0.1) is 12.8 Å². The molecule has 1 aromatic rings. The quantitative estimate of drug-likeness (QED) is 0.803. The Labute approximate surface area is 119 Å². The van der Waals surface area contributed by atoms with Crippen molar-refractivity contribution in [3.05, 3.63) is 35.4 Å². The average molecular weight is 278 g/mol. The number of aryl methyl sites for hydroxylation is 1. The van der Waals surface area contributed by atoms with E-state index in [1.54, 1.807) is 11.8 Å². The Hall–Kier alpha value is -1.00. The predicted octanol–water partition coefficient (Wildman–Crippen LogP) is 2.08. The molecular formula is C15H22N2OS. The largest absolute Gasteiger partial charge is 0.354 e. The summed E-state index contributed by atoms with van der Waals surface area (Å²) in [6.45, 7) is 2.70. The molecule has 0 heterocycles. The van der Waals surface area contributed by atoms with Crippen molar-refractivity contribution in [3.8, 4) is 0 Å². The zero-order valence-electron chi connectivity index (χ0n) is 11.4. The third-order valence-corrected chi connectivity index (χ3v) is 4.39. The monoisotopic (exact) mass is 278 g/mol. The van der Waals surface area contributed by atoms with Gasteiger partial charge in [0, 0.05) is 18.3 Å². The van der Waals surface area contributed by atoms with Crippen LogP contribution in [0.4, 0.5) is 0 Å². The van der Waals surface area contributed by atoms with Gasteiger partial charge in [0.1, 0.15) is 0 Å². The zero-order chi connectivity index (χ0) is 13.7.